The highest BCUT2D eigenvalue weighted by Crippen LogP contribution is 2.31. The average Bonchev–Trinajstić information content (AvgIpc) is 3.36. The van der Waals surface area contributed by atoms with E-state index >= 15 is 0 Å². The fraction of sp³-hybridized carbons (Fsp3) is 0.0645. The molecule has 5 heteroatoms. The second-order valence-corrected chi connectivity index (χ2v) is 9.24. The lowest BCUT2D eigenvalue weighted by Gasteiger charge is -2.09. The molecule has 0 fully saturated rings. The molecule has 0 N–H and O–H groups in total. The van der Waals surface area contributed by atoms with Gasteiger partial charge in [0.05, 0.1) is 10.7 Å². The van der Waals surface area contributed by atoms with Gasteiger partial charge in [-0.05, 0) is 58.7 Å². The molecule has 0 amide bonds. The van der Waals surface area contributed by atoms with Gasteiger partial charge >= 0.3 is 0 Å². The minimum absolute atomic E-state index is 0.243. The van der Waals surface area contributed by atoms with Gasteiger partial charge in [-0.15, -0.1) is 0 Å². The molecule has 4 aromatic carbocycles. The van der Waals surface area contributed by atoms with Crippen LogP contribution in [0.2, 0.25) is 10.0 Å². The van der Waals surface area contributed by atoms with E-state index in [-0.39, 0.29) is 11.6 Å². The molecule has 36 heavy (non-hydrogen) atoms. The first kappa shape index (κ1) is 24.1. The number of allylic oxidation sites excluding steroid dienone is 2. The molecule has 0 bridgehead atoms. The second-order valence-electron chi connectivity index (χ2n) is 8.40. The Labute approximate surface area is 220 Å². The Bertz CT molecular complexity index is 1470. The molecule has 5 rings (SSSR count). The smallest absolute Gasteiger partial charge is 0.165 e. The summed E-state index contributed by atoms with van der Waals surface area (Å²) in [5, 5.41) is 1.19. The normalized spacial score (nSPS) is 13.1. The van der Waals surface area contributed by atoms with Crippen molar-refractivity contribution in [2.24, 2.45) is 4.99 Å². The van der Waals surface area contributed by atoms with E-state index in [0.29, 0.717) is 16.7 Å². The highest BCUT2D eigenvalue weighted by atomic mass is 35.5. The van der Waals surface area contributed by atoms with E-state index < -0.39 is 0 Å². The molecule has 1 aliphatic rings. The van der Waals surface area contributed by atoms with E-state index in [9.17, 15) is 4.39 Å². The Hall–Kier alpha value is -3.66. The lowest BCUT2D eigenvalue weighted by molar-refractivity contribution is 0.290. The van der Waals surface area contributed by atoms with Gasteiger partial charge < -0.3 is 4.74 Å². The number of benzene rings is 4. The number of hydrogen-bond acceptors (Lipinski definition) is 2. The third-order valence-corrected chi connectivity index (χ3v) is 6.40. The van der Waals surface area contributed by atoms with Crippen LogP contribution in [0.15, 0.2) is 108 Å². The van der Waals surface area contributed by atoms with Gasteiger partial charge in [-0.25, -0.2) is 4.39 Å². The first-order valence-electron chi connectivity index (χ1n) is 11.5. The van der Waals surface area contributed by atoms with Crippen LogP contribution in [0.3, 0.4) is 0 Å². The average molecular weight is 514 g/mol. The second kappa shape index (κ2) is 10.9. The minimum atomic E-state index is -0.379. The lowest BCUT2D eigenvalue weighted by atomic mass is 10.0. The van der Waals surface area contributed by atoms with Crippen molar-refractivity contribution in [3.05, 3.63) is 136 Å². The molecule has 0 saturated carbocycles. The summed E-state index contributed by atoms with van der Waals surface area (Å²) in [6, 6.07) is 28.2. The van der Waals surface area contributed by atoms with Gasteiger partial charge in [0.1, 0.15) is 6.61 Å². The zero-order valence-electron chi connectivity index (χ0n) is 19.3. The van der Waals surface area contributed by atoms with Crippen LogP contribution < -0.4 is 4.74 Å². The van der Waals surface area contributed by atoms with Gasteiger partial charge in [-0.2, -0.15) is 0 Å². The molecule has 178 valence electrons. The molecule has 1 heterocycles. The Balaban J connectivity index is 1.23. The summed E-state index contributed by atoms with van der Waals surface area (Å²) in [6.45, 7) is 0.327. The number of nitrogens with zero attached hydrogens (tertiary/aromatic N) is 1. The lowest BCUT2D eigenvalue weighted by Crippen LogP contribution is -1.97. The number of aliphatic imine (C=N–C) groups is 1. The maximum atomic E-state index is 14.6. The number of rotatable bonds is 7. The Morgan fingerprint density at radius 3 is 2.36 bits per heavy atom. The molecule has 2 nitrogen and oxygen atoms in total. The van der Waals surface area contributed by atoms with E-state index in [1.54, 1.807) is 12.1 Å². The molecular formula is C31H22Cl2FNO. The number of ether oxygens (including phenoxy) is 1. The largest absolute Gasteiger partial charge is 0.486 e. The molecule has 1 aliphatic heterocycles. The van der Waals surface area contributed by atoms with Crippen LogP contribution in [0.4, 0.5) is 4.39 Å². The zero-order valence-corrected chi connectivity index (χ0v) is 20.8. The summed E-state index contributed by atoms with van der Waals surface area (Å²) in [6.07, 6.45) is 6.81. The fourth-order valence-electron chi connectivity index (χ4n) is 3.93. The molecule has 0 saturated heterocycles. The van der Waals surface area contributed by atoms with Crippen molar-refractivity contribution in [3.8, 4) is 16.9 Å². The third kappa shape index (κ3) is 5.76. The van der Waals surface area contributed by atoms with Gasteiger partial charge in [0.15, 0.2) is 11.6 Å². The molecule has 0 atom stereocenters. The van der Waals surface area contributed by atoms with E-state index in [4.69, 9.17) is 32.9 Å². The van der Waals surface area contributed by atoms with Crippen LogP contribution in [0, 0.1) is 5.82 Å². The van der Waals surface area contributed by atoms with E-state index in [1.807, 2.05) is 84.9 Å². The third-order valence-electron chi connectivity index (χ3n) is 5.86. The van der Waals surface area contributed by atoms with Gasteiger partial charge in [0.2, 0.25) is 0 Å². The Kier molecular flexibility index (Phi) is 7.31. The zero-order chi connectivity index (χ0) is 24.9. The molecular weight excluding hydrogens is 492 g/mol. The van der Waals surface area contributed by atoms with Crippen LogP contribution in [-0.4, -0.2) is 5.71 Å². The van der Waals surface area contributed by atoms with Crippen LogP contribution in [0.25, 0.3) is 22.9 Å². The fourth-order valence-corrected chi connectivity index (χ4v) is 4.44. The molecule has 0 radical (unpaired) electrons. The van der Waals surface area contributed by atoms with Crippen molar-refractivity contribution in [1.82, 2.24) is 0 Å². The highest BCUT2D eigenvalue weighted by Gasteiger charge is 2.12. The van der Waals surface area contributed by atoms with Crippen LogP contribution in [-0.2, 0) is 6.61 Å². The predicted octanol–water partition coefficient (Wildman–Crippen LogP) is 9.28. The van der Waals surface area contributed by atoms with E-state index in [1.165, 1.54) is 6.07 Å². The maximum Gasteiger partial charge on any atom is 0.165 e. The van der Waals surface area contributed by atoms with Gasteiger partial charge in [-0.1, -0.05) is 96.0 Å². The van der Waals surface area contributed by atoms with Crippen LogP contribution >= 0.6 is 23.2 Å². The molecule has 4 aromatic rings. The quantitative estimate of drug-likeness (QED) is 0.241. The number of halogens is 3. The van der Waals surface area contributed by atoms with Crippen molar-refractivity contribution >= 4 is 40.7 Å². The monoisotopic (exact) mass is 513 g/mol. The van der Waals surface area contributed by atoms with Crippen LogP contribution in [0.5, 0.6) is 5.75 Å². The Morgan fingerprint density at radius 2 is 1.61 bits per heavy atom. The number of hydrogen-bond donors (Lipinski definition) is 0. The van der Waals surface area contributed by atoms with Crippen molar-refractivity contribution in [3.63, 3.8) is 0 Å². The first-order chi connectivity index (χ1) is 17.5. The van der Waals surface area contributed by atoms with Crippen LogP contribution in [0.1, 0.15) is 23.1 Å². The summed E-state index contributed by atoms with van der Waals surface area (Å²) in [5.74, 6) is -0.136. The standard InChI is InChI=1S/C31H22Cl2FNO/c32-25-12-15-27(28(33)19-25)30-16-14-26(35-30)13-8-21-6-9-23(10-7-21)24-11-17-31(29(34)18-24)36-20-22-4-2-1-3-5-22/h1-13,15-19H,14,20H2/b13-8+. The first-order valence-corrected chi connectivity index (χ1v) is 12.3. The van der Waals surface area contributed by atoms with Crippen molar-refractivity contribution < 1.29 is 9.13 Å². The highest BCUT2D eigenvalue weighted by molar-refractivity contribution is 6.35. The summed E-state index contributed by atoms with van der Waals surface area (Å²) in [4.78, 5) is 4.69. The molecule has 0 unspecified atom stereocenters. The van der Waals surface area contributed by atoms with Crippen molar-refractivity contribution in [2.45, 2.75) is 13.0 Å². The van der Waals surface area contributed by atoms with Crippen molar-refractivity contribution in [1.29, 1.82) is 0 Å². The summed E-state index contributed by atoms with van der Waals surface area (Å²) < 4.78 is 20.3. The van der Waals surface area contributed by atoms with Crippen molar-refractivity contribution in [2.75, 3.05) is 0 Å². The van der Waals surface area contributed by atoms with Gasteiger partial charge in [-0.3, -0.25) is 4.99 Å². The maximum absolute atomic E-state index is 14.6. The minimum Gasteiger partial charge on any atom is -0.486 e. The summed E-state index contributed by atoms with van der Waals surface area (Å²) in [5.41, 5.74) is 6.43. The van der Waals surface area contributed by atoms with E-state index in [2.05, 4.69) is 6.08 Å². The van der Waals surface area contributed by atoms with Gasteiger partial charge in [0, 0.05) is 22.7 Å². The predicted molar refractivity (Wildman–Crippen MR) is 148 cm³/mol. The molecule has 0 aromatic heterocycles. The Morgan fingerprint density at radius 1 is 0.833 bits per heavy atom. The SMILES string of the molecule is Fc1cc(-c2ccc(/C=C/C3=NC(c4ccc(Cl)cc4Cl)=CC3)cc2)ccc1OCc1ccccc1. The molecule has 0 spiro atoms. The van der Waals surface area contributed by atoms with E-state index in [0.717, 1.165) is 45.6 Å². The topological polar surface area (TPSA) is 21.6 Å². The van der Waals surface area contributed by atoms with Gasteiger partial charge in [0.25, 0.3) is 0 Å². The molecule has 0 aliphatic carbocycles. The summed E-state index contributed by atoms with van der Waals surface area (Å²) >= 11 is 12.3. The summed E-state index contributed by atoms with van der Waals surface area (Å²) in [7, 11) is 0.